The normalized spacial score (nSPS) is 30.0. The molecule has 0 aromatic heterocycles. The minimum absolute atomic E-state index is 0.0513. The number of esters is 2. The van der Waals surface area contributed by atoms with Crippen LogP contribution in [0.3, 0.4) is 0 Å². The van der Waals surface area contributed by atoms with Crippen LogP contribution in [-0.2, 0) is 39.3 Å². The monoisotopic (exact) mass is 666 g/mol. The van der Waals surface area contributed by atoms with Crippen LogP contribution in [0, 0.1) is 29.1 Å². The molecule has 1 aromatic carbocycles. The van der Waals surface area contributed by atoms with E-state index >= 15 is 0 Å². The van der Waals surface area contributed by atoms with Gasteiger partial charge >= 0.3 is 27.3 Å². The molecule has 1 aromatic rings. The highest BCUT2D eigenvalue weighted by Gasteiger charge is 2.65. The van der Waals surface area contributed by atoms with Gasteiger partial charge in [-0.15, -0.1) is 0 Å². The lowest BCUT2D eigenvalue weighted by Crippen LogP contribution is -2.63. The summed E-state index contributed by atoms with van der Waals surface area (Å²) in [5.74, 6) is -0.961. The maximum atomic E-state index is 13.9. The fraction of sp³-hybridized carbons (Fsp3) is 0.733. The van der Waals surface area contributed by atoms with Gasteiger partial charge in [0, 0.05) is 11.8 Å². The number of alkyl halides is 2. The second kappa shape index (κ2) is 12.9. The van der Waals surface area contributed by atoms with Crippen LogP contribution in [0.4, 0.5) is 8.78 Å². The number of hydrogen-bond acceptors (Lipinski definition) is 8. The Morgan fingerprint density at radius 3 is 1.91 bits per heavy atom. The summed E-state index contributed by atoms with van der Waals surface area (Å²) >= 11 is 0. The van der Waals surface area contributed by atoms with Crippen molar-refractivity contribution >= 4 is 32.2 Å². The smallest absolute Gasteiger partial charge is 0.405 e. The van der Waals surface area contributed by atoms with Gasteiger partial charge in [0.05, 0.1) is 16.2 Å². The topological polar surface area (TPSA) is 161 Å². The van der Waals surface area contributed by atoms with Crippen molar-refractivity contribution in [1.29, 1.82) is 0 Å². The third kappa shape index (κ3) is 7.28. The molecule has 2 N–H and O–H groups in total. The van der Waals surface area contributed by atoms with Gasteiger partial charge in [-0.2, -0.15) is 25.6 Å². The fourth-order valence-electron chi connectivity index (χ4n) is 6.86. The zero-order valence-corrected chi connectivity index (χ0v) is 27.6. The van der Waals surface area contributed by atoms with E-state index in [1.165, 1.54) is 12.1 Å². The molecule has 14 heteroatoms. The first-order valence-electron chi connectivity index (χ1n) is 15.0. The van der Waals surface area contributed by atoms with Crippen LogP contribution in [0.1, 0.15) is 98.0 Å². The lowest BCUT2D eigenvalue weighted by Gasteiger charge is -2.62. The summed E-state index contributed by atoms with van der Waals surface area (Å²) in [5.41, 5.74) is -0.631. The number of ether oxygens (including phenoxy) is 2. The Bertz CT molecular complexity index is 1410. The first kappa shape index (κ1) is 36.3. The van der Waals surface area contributed by atoms with Gasteiger partial charge in [0.1, 0.15) is 5.60 Å². The Labute approximate surface area is 258 Å². The standard InChI is InChI=1S/C20H30F2O7S.C10H14O3S/c1-5-11(2)16(23)29-18(4)14-6-13-7-15(18)10-19(8-13,9-14)17(24)28-12(3)20(21,22)30(25,26)27;1-3-8(2)9-4-6-10(7-5-9)14(11,12)13/h11-15H,5-10H2,1-4H3,(H,25,26,27);4-8H,3H2,1-2H3,(H,11,12,13). The van der Waals surface area contributed by atoms with E-state index in [2.05, 4.69) is 13.8 Å². The van der Waals surface area contributed by atoms with Crippen molar-refractivity contribution in [2.45, 2.75) is 114 Å². The Morgan fingerprint density at radius 2 is 1.48 bits per heavy atom. The maximum absolute atomic E-state index is 13.9. The molecule has 44 heavy (non-hydrogen) atoms. The number of benzene rings is 1. The molecule has 0 amide bonds. The van der Waals surface area contributed by atoms with Gasteiger partial charge in [-0.3, -0.25) is 18.7 Å². The van der Waals surface area contributed by atoms with Crippen molar-refractivity contribution in [3.8, 4) is 0 Å². The quantitative estimate of drug-likeness (QED) is 0.223. The third-order valence-electron chi connectivity index (χ3n) is 10.0. The van der Waals surface area contributed by atoms with Gasteiger partial charge in [0.2, 0.25) is 0 Å². The van der Waals surface area contributed by atoms with E-state index < -0.39 is 48.6 Å². The molecular weight excluding hydrogens is 622 g/mol. The molecule has 0 aliphatic heterocycles. The Morgan fingerprint density at radius 1 is 0.955 bits per heavy atom. The minimum Gasteiger partial charge on any atom is -0.459 e. The van der Waals surface area contributed by atoms with Crippen LogP contribution < -0.4 is 0 Å². The zero-order chi connectivity index (χ0) is 33.5. The average molecular weight is 667 g/mol. The predicted octanol–water partition coefficient (Wildman–Crippen LogP) is 6.02. The lowest BCUT2D eigenvalue weighted by molar-refractivity contribution is -0.230. The number of hydrogen-bond donors (Lipinski definition) is 2. The maximum Gasteiger partial charge on any atom is 0.405 e. The molecule has 5 unspecified atom stereocenters. The molecule has 0 radical (unpaired) electrons. The van der Waals surface area contributed by atoms with Crippen molar-refractivity contribution in [3.63, 3.8) is 0 Å². The van der Waals surface area contributed by atoms with E-state index in [1.807, 2.05) is 13.8 Å². The number of carbonyl (C=O) groups is 2. The SMILES string of the molecule is CCC(C)C(=O)OC1(C)C2CC3CC1CC(C(=O)OC(C)C(F)(F)S(=O)(=O)O)(C3)C2.CCC(C)c1ccc(S(=O)(=O)O)cc1. The van der Waals surface area contributed by atoms with E-state index in [0.717, 1.165) is 31.7 Å². The first-order valence-corrected chi connectivity index (χ1v) is 17.9. The van der Waals surface area contributed by atoms with Crippen LogP contribution in [0.15, 0.2) is 29.2 Å². The predicted molar refractivity (Wildman–Crippen MR) is 157 cm³/mol. The van der Waals surface area contributed by atoms with Crippen LogP contribution >= 0.6 is 0 Å². The van der Waals surface area contributed by atoms with E-state index in [-0.39, 0.29) is 34.5 Å². The summed E-state index contributed by atoms with van der Waals surface area (Å²) in [4.78, 5) is 25.3. The summed E-state index contributed by atoms with van der Waals surface area (Å²) < 4.78 is 99.5. The number of carbonyl (C=O) groups excluding carboxylic acids is 2. The van der Waals surface area contributed by atoms with E-state index in [1.54, 1.807) is 19.1 Å². The van der Waals surface area contributed by atoms with Gasteiger partial charge in [-0.05, 0) is 88.3 Å². The van der Waals surface area contributed by atoms with E-state index in [0.29, 0.717) is 31.6 Å². The van der Waals surface area contributed by atoms with Gasteiger partial charge in [0.25, 0.3) is 10.1 Å². The Balaban J connectivity index is 0.000000317. The van der Waals surface area contributed by atoms with Gasteiger partial charge in [-0.25, -0.2) is 0 Å². The molecule has 0 spiro atoms. The van der Waals surface area contributed by atoms with E-state index in [4.69, 9.17) is 18.6 Å². The lowest BCUT2D eigenvalue weighted by atomic mass is 9.45. The highest BCUT2D eigenvalue weighted by molar-refractivity contribution is 7.87. The summed E-state index contributed by atoms with van der Waals surface area (Å²) in [5, 5.41) is -4.59. The van der Waals surface area contributed by atoms with Crippen LogP contribution in [-0.4, -0.2) is 54.8 Å². The molecule has 4 fully saturated rings. The first-order chi connectivity index (χ1) is 20.1. The summed E-state index contributed by atoms with van der Waals surface area (Å²) in [7, 11) is -9.77. The Kier molecular flexibility index (Phi) is 10.7. The summed E-state index contributed by atoms with van der Waals surface area (Å²) in [6, 6.07) is 6.32. The van der Waals surface area contributed by atoms with E-state index in [9.17, 15) is 35.2 Å². The molecule has 0 heterocycles. The summed E-state index contributed by atoms with van der Waals surface area (Å²) in [6.07, 6.45) is 2.08. The highest BCUT2D eigenvalue weighted by atomic mass is 32.2. The van der Waals surface area contributed by atoms with Crippen molar-refractivity contribution in [1.82, 2.24) is 0 Å². The third-order valence-corrected chi connectivity index (χ3v) is 11.9. The Hall–Kier alpha value is -2.16. The van der Waals surface area contributed by atoms with Gasteiger partial charge < -0.3 is 9.47 Å². The minimum atomic E-state index is -5.71. The zero-order valence-electron chi connectivity index (χ0n) is 26.0. The highest BCUT2D eigenvalue weighted by Crippen LogP contribution is 2.65. The second-order valence-corrected chi connectivity index (χ2v) is 15.9. The molecule has 4 aliphatic carbocycles. The molecule has 5 rings (SSSR count). The molecule has 10 nitrogen and oxygen atoms in total. The summed E-state index contributed by atoms with van der Waals surface area (Å²) in [6.45, 7) is 10.5. The van der Waals surface area contributed by atoms with Crippen LogP contribution in [0.25, 0.3) is 0 Å². The largest absolute Gasteiger partial charge is 0.459 e. The van der Waals surface area contributed by atoms with Crippen molar-refractivity contribution < 1.29 is 53.8 Å². The fourth-order valence-corrected chi connectivity index (χ4v) is 7.80. The number of halogens is 2. The van der Waals surface area contributed by atoms with Crippen molar-refractivity contribution in [3.05, 3.63) is 29.8 Å². The van der Waals surface area contributed by atoms with Crippen molar-refractivity contribution in [2.24, 2.45) is 29.1 Å². The molecule has 4 bridgehead atoms. The molecule has 4 saturated carbocycles. The molecular formula is C30H44F2O10S2. The van der Waals surface area contributed by atoms with Gasteiger partial charge in [0.15, 0.2) is 6.10 Å². The molecule has 250 valence electrons. The van der Waals surface area contributed by atoms with Crippen LogP contribution in [0.5, 0.6) is 0 Å². The molecule has 0 saturated heterocycles. The molecule has 5 atom stereocenters. The van der Waals surface area contributed by atoms with Crippen molar-refractivity contribution in [2.75, 3.05) is 0 Å². The van der Waals surface area contributed by atoms with Crippen LogP contribution in [0.2, 0.25) is 0 Å². The average Bonchev–Trinajstić information content (AvgIpc) is 2.94. The second-order valence-electron chi connectivity index (χ2n) is 13.0. The van der Waals surface area contributed by atoms with Gasteiger partial charge in [-0.1, -0.05) is 39.8 Å². The number of rotatable bonds is 10. The molecule has 4 aliphatic rings.